The standard InChI is InChI=1S/C14H23NO2.C3H8O2/c1-10-6-12(15(17)13(16)8-10)7-11(2)9-14(3,4)5;1-3(5)2-4/h6,8,11,17H,7,9H2,1-5H3;3-5H,2H2,1H3. The molecule has 1 heterocycles. The highest BCUT2D eigenvalue weighted by Crippen LogP contribution is 2.26. The van der Waals surface area contributed by atoms with Gasteiger partial charge in [0.05, 0.1) is 18.4 Å². The number of pyridine rings is 1. The Balaban J connectivity index is 0.000000763. The zero-order valence-electron chi connectivity index (χ0n) is 14.6. The monoisotopic (exact) mass is 313 g/mol. The normalized spacial score (nSPS) is 14.0. The van der Waals surface area contributed by atoms with Gasteiger partial charge < -0.3 is 15.4 Å². The number of nitrogens with zero attached hydrogens (tertiary/aromatic N) is 1. The predicted octanol–water partition coefficient (Wildman–Crippen LogP) is 2.37. The summed E-state index contributed by atoms with van der Waals surface area (Å²) in [5.74, 6) is 0.439. The molecule has 0 aliphatic rings. The van der Waals surface area contributed by atoms with Gasteiger partial charge in [0.1, 0.15) is 0 Å². The molecule has 0 amide bonds. The van der Waals surface area contributed by atoms with E-state index in [0.717, 1.165) is 23.1 Å². The fraction of sp³-hybridized carbons (Fsp3) is 0.706. The second-order valence-electron chi connectivity index (χ2n) is 7.28. The van der Waals surface area contributed by atoms with E-state index in [1.165, 1.54) is 13.0 Å². The van der Waals surface area contributed by atoms with Crippen LogP contribution in [0.4, 0.5) is 0 Å². The molecular formula is C17H31NO4. The fourth-order valence-electron chi connectivity index (χ4n) is 2.38. The Morgan fingerprint density at radius 2 is 1.73 bits per heavy atom. The lowest BCUT2D eigenvalue weighted by Gasteiger charge is -2.23. The number of aromatic nitrogens is 1. The van der Waals surface area contributed by atoms with E-state index in [-0.39, 0.29) is 17.6 Å². The summed E-state index contributed by atoms with van der Waals surface area (Å²) in [6.45, 7) is 12.0. The molecule has 3 N–H and O–H groups in total. The summed E-state index contributed by atoms with van der Waals surface area (Å²) in [5.41, 5.74) is 1.53. The predicted molar refractivity (Wildman–Crippen MR) is 88.3 cm³/mol. The maximum absolute atomic E-state index is 11.4. The highest BCUT2D eigenvalue weighted by Gasteiger charge is 2.17. The number of hydrogen-bond donors (Lipinski definition) is 3. The van der Waals surface area contributed by atoms with Crippen molar-refractivity contribution >= 4 is 0 Å². The van der Waals surface area contributed by atoms with Gasteiger partial charge in [-0.15, -0.1) is 0 Å². The van der Waals surface area contributed by atoms with Gasteiger partial charge in [0.25, 0.3) is 5.56 Å². The lowest BCUT2D eigenvalue weighted by molar-refractivity contribution is 0.110. The van der Waals surface area contributed by atoms with E-state index in [1.54, 1.807) is 0 Å². The van der Waals surface area contributed by atoms with Crippen LogP contribution >= 0.6 is 0 Å². The average molecular weight is 313 g/mol. The van der Waals surface area contributed by atoms with Gasteiger partial charge in [-0.2, -0.15) is 4.73 Å². The summed E-state index contributed by atoms with van der Waals surface area (Å²) in [6.07, 6.45) is 1.23. The van der Waals surface area contributed by atoms with E-state index in [2.05, 4.69) is 27.7 Å². The quantitative estimate of drug-likeness (QED) is 0.745. The van der Waals surface area contributed by atoms with Gasteiger partial charge in [-0.1, -0.05) is 27.7 Å². The number of aliphatic hydroxyl groups excluding tert-OH is 2. The zero-order valence-corrected chi connectivity index (χ0v) is 14.6. The molecule has 0 aliphatic carbocycles. The van der Waals surface area contributed by atoms with E-state index in [1.807, 2.05) is 13.0 Å². The first-order chi connectivity index (χ1) is 9.96. The molecule has 0 saturated carbocycles. The van der Waals surface area contributed by atoms with E-state index < -0.39 is 6.10 Å². The molecule has 2 unspecified atom stereocenters. The van der Waals surface area contributed by atoms with Crippen molar-refractivity contribution in [3.8, 4) is 0 Å². The van der Waals surface area contributed by atoms with Crippen LogP contribution in [0.15, 0.2) is 16.9 Å². The Labute approximate surface area is 133 Å². The van der Waals surface area contributed by atoms with Gasteiger partial charge in [0.2, 0.25) is 0 Å². The van der Waals surface area contributed by atoms with E-state index in [0.29, 0.717) is 11.6 Å². The zero-order chi connectivity index (χ0) is 17.5. The van der Waals surface area contributed by atoms with Gasteiger partial charge in [0.15, 0.2) is 0 Å². The van der Waals surface area contributed by atoms with Crippen LogP contribution in [-0.4, -0.2) is 32.9 Å². The first-order valence-corrected chi connectivity index (χ1v) is 7.67. The minimum absolute atomic E-state index is 0.139. The molecule has 0 fully saturated rings. The molecule has 22 heavy (non-hydrogen) atoms. The van der Waals surface area contributed by atoms with Crippen LogP contribution in [-0.2, 0) is 6.42 Å². The molecule has 1 aromatic rings. The molecular weight excluding hydrogens is 282 g/mol. The average Bonchev–Trinajstić information content (AvgIpc) is 2.33. The lowest BCUT2D eigenvalue weighted by atomic mass is 9.83. The van der Waals surface area contributed by atoms with Crippen molar-refractivity contribution in [2.45, 2.75) is 60.5 Å². The molecule has 0 spiro atoms. The Morgan fingerprint density at radius 1 is 1.23 bits per heavy atom. The third-order valence-corrected chi connectivity index (χ3v) is 3.01. The summed E-state index contributed by atoms with van der Waals surface area (Å²) in [7, 11) is 0. The third kappa shape index (κ3) is 8.85. The maximum Gasteiger partial charge on any atom is 0.283 e. The molecule has 0 aromatic carbocycles. The van der Waals surface area contributed by atoms with Crippen LogP contribution in [0, 0.1) is 18.3 Å². The molecule has 5 heteroatoms. The van der Waals surface area contributed by atoms with Crippen molar-refractivity contribution in [2.24, 2.45) is 11.3 Å². The molecule has 0 bridgehead atoms. The number of aryl methyl sites for hydroxylation is 1. The van der Waals surface area contributed by atoms with Crippen molar-refractivity contribution in [2.75, 3.05) is 6.61 Å². The summed E-state index contributed by atoms with van der Waals surface area (Å²) >= 11 is 0. The van der Waals surface area contributed by atoms with Crippen LogP contribution in [0.5, 0.6) is 0 Å². The minimum Gasteiger partial charge on any atom is -0.425 e. The van der Waals surface area contributed by atoms with Gasteiger partial charge in [-0.05, 0) is 49.7 Å². The summed E-state index contributed by atoms with van der Waals surface area (Å²) in [4.78, 5) is 11.4. The van der Waals surface area contributed by atoms with E-state index in [9.17, 15) is 10.0 Å². The first-order valence-electron chi connectivity index (χ1n) is 7.67. The van der Waals surface area contributed by atoms with Crippen LogP contribution in [0.1, 0.15) is 52.3 Å². The second kappa shape index (κ2) is 8.96. The van der Waals surface area contributed by atoms with Crippen molar-refractivity contribution < 1.29 is 15.4 Å². The summed E-state index contributed by atoms with van der Waals surface area (Å²) in [6, 6.07) is 3.32. The molecule has 0 radical (unpaired) electrons. The van der Waals surface area contributed by atoms with Crippen molar-refractivity contribution in [1.82, 2.24) is 4.73 Å². The van der Waals surface area contributed by atoms with Crippen molar-refractivity contribution in [3.63, 3.8) is 0 Å². The Kier molecular flexibility index (Phi) is 8.41. The second-order valence-corrected chi connectivity index (χ2v) is 7.28. The van der Waals surface area contributed by atoms with Crippen molar-refractivity contribution in [3.05, 3.63) is 33.7 Å². The highest BCUT2D eigenvalue weighted by atomic mass is 16.5. The maximum atomic E-state index is 11.4. The number of rotatable bonds is 4. The molecule has 0 saturated heterocycles. The largest absolute Gasteiger partial charge is 0.425 e. The van der Waals surface area contributed by atoms with Gasteiger partial charge >= 0.3 is 0 Å². The van der Waals surface area contributed by atoms with Gasteiger partial charge in [-0.25, -0.2) is 0 Å². The summed E-state index contributed by atoms with van der Waals surface area (Å²) < 4.78 is 0.770. The SMILES string of the molecule is CC(O)CO.Cc1cc(CC(C)CC(C)(C)C)n(O)c(=O)c1. The molecule has 1 rings (SSSR count). The van der Waals surface area contributed by atoms with Crippen molar-refractivity contribution in [1.29, 1.82) is 0 Å². The highest BCUT2D eigenvalue weighted by molar-refractivity contribution is 5.15. The van der Waals surface area contributed by atoms with Crippen LogP contribution in [0.25, 0.3) is 0 Å². The Morgan fingerprint density at radius 3 is 2.14 bits per heavy atom. The molecule has 0 aliphatic heterocycles. The molecule has 5 nitrogen and oxygen atoms in total. The van der Waals surface area contributed by atoms with Crippen LogP contribution in [0.3, 0.4) is 0 Å². The smallest absolute Gasteiger partial charge is 0.283 e. The molecule has 128 valence electrons. The lowest BCUT2D eigenvalue weighted by Crippen LogP contribution is -2.23. The molecule has 1 aromatic heterocycles. The van der Waals surface area contributed by atoms with Crippen LogP contribution < -0.4 is 5.56 Å². The van der Waals surface area contributed by atoms with Gasteiger partial charge in [-0.3, -0.25) is 4.79 Å². The van der Waals surface area contributed by atoms with Gasteiger partial charge in [0, 0.05) is 6.07 Å². The molecule has 2 atom stereocenters. The number of aliphatic hydroxyl groups is 2. The first kappa shape index (κ1) is 20.7. The Hall–Kier alpha value is -1.33. The van der Waals surface area contributed by atoms with E-state index in [4.69, 9.17) is 10.2 Å². The fourth-order valence-corrected chi connectivity index (χ4v) is 2.38. The third-order valence-electron chi connectivity index (χ3n) is 3.01. The minimum atomic E-state index is -0.560. The van der Waals surface area contributed by atoms with E-state index >= 15 is 0 Å². The summed E-state index contributed by atoms with van der Waals surface area (Å²) in [5, 5.41) is 25.7. The van der Waals surface area contributed by atoms with Crippen LogP contribution in [0.2, 0.25) is 0 Å². The Bertz CT molecular complexity index is 500. The number of hydrogen-bond acceptors (Lipinski definition) is 4. The topological polar surface area (TPSA) is 82.7 Å².